The maximum Gasteiger partial charge on any atom is 0.0308 e. The van der Waals surface area contributed by atoms with Gasteiger partial charge >= 0.3 is 0 Å². The number of piperidine rings is 2. The first kappa shape index (κ1) is 16.4. The molecule has 128 valence electrons. The zero-order valence-corrected chi connectivity index (χ0v) is 15.5. The first-order chi connectivity index (χ1) is 11.8. The van der Waals surface area contributed by atoms with Gasteiger partial charge in [-0.05, 0) is 73.5 Å². The van der Waals surface area contributed by atoms with Gasteiger partial charge in [0.05, 0.1) is 0 Å². The summed E-state index contributed by atoms with van der Waals surface area (Å²) in [5.41, 5.74) is 0. The number of hydrogen-bond acceptors (Lipinski definition) is 3. The van der Waals surface area contributed by atoms with Crippen LogP contribution in [0.15, 0.2) is 47.4 Å². The molecule has 0 radical (unpaired) electrons. The highest BCUT2D eigenvalue weighted by molar-refractivity contribution is 7.97. The summed E-state index contributed by atoms with van der Waals surface area (Å²) in [5, 5.41) is 2.73. The molecule has 2 saturated heterocycles. The summed E-state index contributed by atoms with van der Waals surface area (Å²) in [4.78, 5) is 4.17. The molecule has 4 rings (SSSR count). The molecule has 0 unspecified atom stereocenters. The summed E-state index contributed by atoms with van der Waals surface area (Å²) >= 11 is 1.96. The molecule has 2 aliphatic heterocycles. The molecular formula is C21H28N2S. The van der Waals surface area contributed by atoms with Crippen LogP contribution in [0.3, 0.4) is 0 Å². The van der Waals surface area contributed by atoms with Crippen LogP contribution in [0.4, 0.5) is 0 Å². The van der Waals surface area contributed by atoms with E-state index in [4.69, 9.17) is 0 Å². The molecule has 2 aromatic carbocycles. The Hall–Kier alpha value is -1.03. The van der Waals surface area contributed by atoms with Gasteiger partial charge in [0.1, 0.15) is 0 Å². The number of nitrogens with zero attached hydrogens (tertiary/aromatic N) is 2. The van der Waals surface area contributed by atoms with E-state index in [9.17, 15) is 0 Å². The third-order valence-electron chi connectivity index (χ3n) is 5.74. The van der Waals surface area contributed by atoms with E-state index in [1.807, 2.05) is 11.9 Å². The van der Waals surface area contributed by atoms with Crippen LogP contribution in [0.2, 0.25) is 0 Å². The summed E-state index contributed by atoms with van der Waals surface area (Å²) in [6.45, 7) is 7.47. The van der Waals surface area contributed by atoms with Crippen LogP contribution in [0.25, 0.3) is 10.8 Å². The number of benzene rings is 2. The molecule has 0 amide bonds. The lowest BCUT2D eigenvalue weighted by Gasteiger charge is -2.41. The quantitative estimate of drug-likeness (QED) is 0.723. The average Bonchev–Trinajstić information content (AvgIpc) is 2.63. The molecule has 2 heterocycles. The lowest BCUT2D eigenvalue weighted by atomic mass is 9.95. The standard InChI is InChI=1S/C21H28N2S/c1-17-9-13-22(14-10-17)19-11-15-23(16-12-19)24-21-8-4-6-18-5-2-3-7-20(18)21/h2-8,17,19H,9-16H2,1H3. The van der Waals surface area contributed by atoms with Gasteiger partial charge in [0, 0.05) is 24.0 Å². The SMILES string of the molecule is CC1CCN(C2CCN(Sc3cccc4ccccc34)CC2)CC1. The molecule has 3 heteroatoms. The van der Waals surface area contributed by atoms with E-state index in [1.54, 1.807) is 0 Å². The largest absolute Gasteiger partial charge is 0.300 e. The summed E-state index contributed by atoms with van der Waals surface area (Å²) in [6, 6.07) is 16.2. The minimum atomic E-state index is 0.821. The topological polar surface area (TPSA) is 6.48 Å². The molecule has 0 saturated carbocycles. The monoisotopic (exact) mass is 340 g/mol. The van der Waals surface area contributed by atoms with Crippen LogP contribution in [0.1, 0.15) is 32.6 Å². The minimum absolute atomic E-state index is 0.821. The Labute approximate surface area is 150 Å². The smallest absolute Gasteiger partial charge is 0.0308 e. The molecule has 0 atom stereocenters. The number of likely N-dealkylation sites (tertiary alicyclic amines) is 1. The molecule has 2 aromatic rings. The van der Waals surface area contributed by atoms with Crippen molar-refractivity contribution in [2.75, 3.05) is 26.2 Å². The van der Waals surface area contributed by atoms with E-state index in [0.717, 1.165) is 12.0 Å². The van der Waals surface area contributed by atoms with Gasteiger partial charge in [-0.15, -0.1) is 0 Å². The highest BCUT2D eigenvalue weighted by Crippen LogP contribution is 2.33. The van der Waals surface area contributed by atoms with Crippen LogP contribution < -0.4 is 0 Å². The normalized spacial score (nSPS) is 22.2. The predicted octanol–water partition coefficient (Wildman–Crippen LogP) is 5.04. The van der Waals surface area contributed by atoms with Crippen molar-refractivity contribution in [1.82, 2.24) is 9.21 Å². The van der Waals surface area contributed by atoms with Crippen LogP contribution in [0, 0.1) is 5.92 Å². The molecule has 2 aliphatic rings. The lowest BCUT2D eigenvalue weighted by Crippen LogP contribution is -2.46. The second-order valence-corrected chi connectivity index (χ2v) is 8.59. The molecular weight excluding hydrogens is 312 g/mol. The molecule has 0 spiro atoms. The van der Waals surface area contributed by atoms with Gasteiger partial charge in [-0.1, -0.05) is 43.3 Å². The first-order valence-electron chi connectivity index (χ1n) is 9.44. The van der Waals surface area contributed by atoms with Gasteiger partial charge in [-0.25, -0.2) is 4.31 Å². The van der Waals surface area contributed by atoms with Gasteiger partial charge in [-0.2, -0.15) is 0 Å². The number of hydrogen-bond donors (Lipinski definition) is 0. The average molecular weight is 341 g/mol. The Morgan fingerprint density at radius 3 is 2.33 bits per heavy atom. The van der Waals surface area contributed by atoms with Crippen LogP contribution in [0.5, 0.6) is 0 Å². The van der Waals surface area contributed by atoms with Crippen molar-refractivity contribution in [2.24, 2.45) is 5.92 Å². The molecule has 0 bridgehead atoms. The number of rotatable bonds is 3. The van der Waals surface area contributed by atoms with E-state index < -0.39 is 0 Å². The summed E-state index contributed by atoms with van der Waals surface area (Å²) in [7, 11) is 0. The van der Waals surface area contributed by atoms with Crippen molar-refractivity contribution in [3.63, 3.8) is 0 Å². The van der Waals surface area contributed by atoms with Gasteiger partial charge in [0.2, 0.25) is 0 Å². The second-order valence-electron chi connectivity index (χ2n) is 7.45. The van der Waals surface area contributed by atoms with Gasteiger partial charge < -0.3 is 4.90 Å². The highest BCUT2D eigenvalue weighted by Gasteiger charge is 2.27. The van der Waals surface area contributed by atoms with Gasteiger partial charge in [-0.3, -0.25) is 0 Å². The molecule has 0 aromatic heterocycles. The van der Waals surface area contributed by atoms with Crippen molar-refractivity contribution in [2.45, 2.75) is 43.5 Å². The van der Waals surface area contributed by atoms with Gasteiger partial charge in [0.15, 0.2) is 0 Å². The lowest BCUT2D eigenvalue weighted by molar-refractivity contribution is 0.103. The Morgan fingerprint density at radius 1 is 0.833 bits per heavy atom. The Kier molecular flexibility index (Phi) is 5.11. The Balaban J connectivity index is 1.36. The Morgan fingerprint density at radius 2 is 1.54 bits per heavy atom. The van der Waals surface area contributed by atoms with E-state index in [-0.39, 0.29) is 0 Å². The maximum absolute atomic E-state index is 2.76. The fraction of sp³-hybridized carbons (Fsp3) is 0.524. The van der Waals surface area contributed by atoms with E-state index in [2.05, 4.69) is 58.6 Å². The van der Waals surface area contributed by atoms with Gasteiger partial charge in [0.25, 0.3) is 0 Å². The molecule has 0 aliphatic carbocycles. The zero-order chi connectivity index (χ0) is 16.4. The zero-order valence-electron chi connectivity index (χ0n) is 14.7. The third-order valence-corrected chi connectivity index (χ3v) is 6.91. The molecule has 2 nitrogen and oxygen atoms in total. The van der Waals surface area contributed by atoms with Crippen molar-refractivity contribution in [3.05, 3.63) is 42.5 Å². The van der Waals surface area contributed by atoms with Crippen molar-refractivity contribution in [1.29, 1.82) is 0 Å². The summed E-state index contributed by atoms with van der Waals surface area (Å²) < 4.78 is 2.57. The van der Waals surface area contributed by atoms with Crippen molar-refractivity contribution < 1.29 is 0 Å². The Bertz CT molecular complexity index is 665. The van der Waals surface area contributed by atoms with Crippen LogP contribution in [-0.4, -0.2) is 41.4 Å². The number of fused-ring (bicyclic) bond motifs is 1. The van der Waals surface area contributed by atoms with Crippen molar-refractivity contribution in [3.8, 4) is 0 Å². The van der Waals surface area contributed by atoms with Crippen molar-refractivity contribution >= 4 is 22.7 Å². The summed E-state index contributed by atoms with van der Waals surface area (Å²) in [6.07, 6.45) is 5.44. The fourth-order valence-corrected chi connectivity index (χ4v) is 5.20. The minimum Gasteiger partial charge on any atom is -0.300 e. The van der Waals surface area contributed by atoms with Crippen LogP contribution >= 0.6 is 11.9 Å². The predicted molar refractivity (Wildman–Crippen MR) is 104 cm³/mol. The second kappa shape index (κ2) is 7.47. The maximum atomic E-state index is 2.76. The first-order valence-corrected chi connectivity index (χ1v) is 10.2. The highest BCUT2D eigenvalue weighted by atomic mass is 32.2. The summed E-state index contributed by atoms with van der Waals surface area (Å²) in [5.74, 6) is 0.934. The van der Waals surface area contributed by atoms with Crippen LogP contribution in [-0.2, 0) is 0 Å². The molecule has 0 N–H and O–H groups in total. The van der Waals surface area contributed by atoms with E-state index in [0.29, 0.717) is 0 Å². The fourth-order valence-electron chi connectivity index (χ4n) is 4.11. The van der Waals surface area contributed by atoms with E-state index in [1.165, 1.54) is 67.5 Å². The van der Waals surface area contributed by atoms with E-state index >= 15 is 0 Å². The molecule has 24 heavy (non-hydrogen) atoms. The third kappa shape index (κ3) is 3.63. The molecule has 2 fully saturated rings.